The number of thiophene rings is 1. The van der Waals surface area contributed by atoms with Crippen LogP contribution in [-0.4, -0.2) is 44.3 Å². The number of nitrogens with zero attached hydrogens (tertiary/aromatic N) is 1. The quantitative estimate of drug-likeness (QED) is 0.686. The highest BCUT2D eigenvalue weighted by Crippen LogP contribution is 2.30. The van der Waals surface area contributed by atoms with Crippen LogP contribution in [0, 0.1) is 5.92 Å². The Balaban J connectivity index is 0.00000312. The summed E-state index contributed by atoms with van der Waals surface area (Å²) in [6, 6.07) is 3.41. The monoisotopic (exact) mass is 409 g/mol. The minimum Gasteiger partial charge on any atom is -0.356 e. The molecule has 0 saturated carbocycles. The smallest absolute Gasteiger partial charge is 0.252 e. The Hall–Kier alpha value is -0.670. The first-order valence-corrected chi connectivity index (χ1v) is 10.7. The van der Waals surface area contributed by atoms with Gasteiger partial charge < -0.3 is 11.1 Å². The fraction of sp³-hybridized carbons (Fsp3) is 0.688. The number of amides is 1. The number of rotatable bonds is 8. The Morgan fingerprint density at radius 1 is 1.44 bits per heavy atom. The van der Waals surface area contributed by atoms with Gasteiger partial charge in [0.1, 0.15) is 4.21 Å². The molecule has 144 valence electrons. The van der Waals surface area contributed by atoms with Crippen molar-refractivity contribution in [2.75, 3.05) is 19.6 Å². The van der Waals surface area contributed by atoms with E-state index in [4.69, 9.17) is 5.73 Å². The van der Waals surface area contributed by atoms with Crippen molar-refractivity contribution in [3.63, 3.8) is 0 Å². The zero-order chi connectivity index (χ0) is 17.7. The maximum atomic E-state index is 12.7. The van der Waals surface area contributed by atoms with Gasteiger partial charge in [-0.3, -0.25) is 4.79 Å². The molecular weight excluding hydrogens is 382 g/mol. The summed E-state index contributed by atoms with van der Waals surface area (Å²) >= 11 is 1.28. The van der Waals surface area contributed by atoms with Crippen LogP contribution < -0.4 is 11.1 Å². The SMILES string of the molecule is CC(C)CC(=O)NCCc1ccc(S(=O)(=O)N2CCCC2CN)s1.Cl. The summed E-state index contributed by atoms with van der Waals surface area (Å²) in [5.41, 5.74) is 5.69. The number of hydrogen-bond acceptors (Lipinski definition) is 5. The predicted octanol–water partition coefficient (Wildman–Crippen LogP) is 1.99. The molecule has 6 nitrogen and oxygen atoms in total. The van der Waals surface area contributed by atoms with Gasteiger partial charge in [0.2, 0.25) is 5.91 Å². The second-order valence-corrected chi connectivity index (χ2v) is 9.85. The van der Waals surface area contributed by atoms with Gasteiger partial charge in [0, 0.05) is 37.0 Å². The van der Waals surface area contributed by atoms with Crippen molar-refractivity contribution < 1.29 is 13.2 Å². The van der Waals surface area contributed by atoms with Crippen LogP contribution in [-0.2, 0) is 21.2 Å². The van der Waals surface area contributed by atoms with E-state index >= 15 is 0 Å². The fourth-order valence-electron chi connectivity index (χ4n) is 2.88. The molecule has 2 heterocycles. The Morgan fingerprint density at radius 2 is 2.16 bits per heavy atom. The molecule has 0 aromatic carbocycles. The van der Waals surface area contributed by atoms with Crippen molar-refractivity contribution in [1.82, 2.24) is 9.62 Å². The van der Waals surface area contributed by atoms with Gasteiger partial charge in [-0.15, -0.1) is 23.7 Å². The molecule has 1 fully saturated rings. The van der Waals surface area contributed by atoms with Gasteiger partial charge in [-0.25, -0.2) is 8.42 Å². The first-order chi connectivity index (χ1) is 11.3. The van der Waals surface area contributed by atoms with E-state index in [1.807, 2.05) is 19.9 Å². The lowest BCUT2D eigenvalue weighted by Gasteiger charge is -2.21. The van der Waals surface area contributed by atoms with Crippen molar-refractivity contribution in [2.24, 2.45) is 11.7 Å². The zero-order valence-corrected chi connectivity index (χ0v) is 17.2. The molecule has 1 aromatic rings. The molecule has 9 heteroatoms. The third-order valence-electron chi connectivity index (χ3n) is 4.08. The minimum absolute atomic E-state index is 0. The van der Waals surface area contributed by atoms with Gasteiger partial charge in [-0.05, 0) is 37.3 Å². The van der Waals surface area contributed by atoms with Gasteiger partial charge in [0.05, 0.1) is 0 Å². The van der Waals surface area contributed by atoms with Crippen LogP contribution in [0.5, 0.6) is 0 Å². The van der Waals surface area contributed by atoms with Crippen molar-refractivity contribution >= 4 is 39.7 Å². The molecule has 1 aromatic heterocycles. The molecule has 0 spiro atoms. The summed E-state index contributed by atoms with van der Waals surface area (Å²) in [6.07, 6.45) is 2.85. The highest BCUT2D eigenvalue weighted by atomic mass is 35.5. The predicted molar refractivity (Wildman–Crippen MR) is 104 cm³/mol. The summed E-state index contributed by atoms with van der Waals surface area (Å²) < 4.78 is 27.4. The van der Waals surface area contributed by atoms with Crippen molar-refractivity contribution in [3.8, 4) is 0 Å². The summed E-state index contributed by atoms with van der Waals surface area (Å²) in [5, 5.41) is 2.87. The van der Waals surface area contributed by atoms with E-state index < -0.39 is 10.0 Å². The van der Waals surface area contributed by atoms with Gasteiger partial charge in [-0.2, -0.15) is 4.31 Å². The third-order valence-corrected chi connectivity index (χ3v) is 7.65. The third kappa shape index (κ3) is 5.92. The highest BCUT2D eigenvalue weighted by Gasteiger charge is 2.35. The number of carbonyl (C=O) groups is 1. The molecular formula is C16H28ClN3O3S2. The molecule has 1 unspecified atom stereocenters. The molecule has 0 radical (unpaired) electrons. The molecule has 1 amide bonds. The molecule has 0 bridgehead atoms. The number of halogens is 1. The van der Waals surface area contributed by atoms with Gasteiger partial charge >= 0.3 is 0 Å². The van der Waals surface area contributed by atoms with Crippen LogP contribution in [0.3, 0.4) is 0 Å². The average Bonchev–Trinajstić information content (AvgIpc) is 3.15. The maximum Gasteiger partial charge on any atom is 0.252 e. The Labute approximate surface area is 160 Å². The molecule has 1 saturated heterocycles. The highest BCUT2D eigenvalue weighted by molar-refractivity contribution is 7.91. The standard InChI is InChI=1S/C16H27N3O3S2.ClH/c1-12(2)10-15(20)18-8-7-14-5-6-16(23-14)24(21,22)19-9-3-4-13(19)11-17;/h5-6,12-13H,3-4,7-11,17H2,1-2H3,(H,18,20);1H. The number of hydrogen-bond donors (Lipinski definition) is 2. The number of nitrogens with one attached hydrogen (secondary N) is 1. The average molecular weight is 410 g/mol. The normalized spacial score (nSPS) is 18.3. The fourth-order valence-corrected chi connectivity index (χ4v) is 6.06. The molecule has 1 atom stereocenters. The number of sulfonamides is 1. The summed E-state index contributed by atoms with van der Waals surface area (Å²) in [4.78, 5) is 12.6. The lowest BCUT2D eigenvalue weighted by atomic mass is 10.1. The van der Waals surface area contributed by atoms with Crippen LogP contribution in [0.15, 0.2) is 16.3 Å². The van der Waals surface area contributed by atoms with Crippen LogP contribution in [0.4, 0.5) is 0 Å². The molecule has 25 heavy (non-hydrogen) atoms. The molecule has 2 rings (SSSR count). The lowest BCUT2D eigenvalue weighted by Crippen LogP contribution is -2.39. The van der Waals surface area contributed by atoms with E-state index in [0.717, 1.165) is 17.7 Å². The summed E-state index contributed by atoms with van der Waals surface area (Å²) in [7, 11) is -3.45. The zero-order valence-electron chi connectivity index (χ0n) is 14.7. The van der Waals surface area contributed by atoms with E-state index in [-0.39, 0.29) is 24.4 Å². The Morgan fingerprint density at radius 3 is 2.80 bits per heavy atom. The van der Waals surface area contributed by atoms with Crippen LogP contribution in [0.25, 0.3) is 0 Å². The molecule has 3 N–H and O–H groups in total. The molecule has 0 aliphatic carbocycles. The Kier molecular flexibility index (Phi) is 8.83. The summed E-state index contributed by atoms with van der Waals surface area (Å²) in [6.45, 7) is 5.44. The summed E-state index contributed by atoms with van der Waals surface area (Å²) in [5.74, 6) is 0.372. The van der Waals surface area contributed by atoms with Crippen molar-refractivity contribution in [3.05, 3.63) is 17.0 Å². The van der Waals surface area contributed by atoms with Crippen LogP contribution in [0.2, 0.25) is 0 Å². The second kappa shape index (κ2) is 9.87. The van der Waals surface area contributed by atoms with E-state index in [9.17, 15) is 13.2 Å². The van der Waals surface area contributed by atoms with E-state index in [0.29, 0.717) is 42.6 Å². The van der Waals surface area contributed by atoms with Crippen molar-refractivity contribution in [2.45, 2.75) is 49.8 Å². The Bertz CT molecular complexity index is 661. The van der Waals surface area contributed by atoms with Gasteiger partial charge in [-0.1, -0.05) is 13.8 Å². The van der Waals surface area contributed by atoms with Crippen molar-refractivity contribution in [1.29, 1.82) is 0 Å². The topological polar surface area (TPSA) is 92.5 Å². The maximum absolute atomic E-state index is 12.7. The van der Waals surface area contributed by atoms with Gasteiger partial charge in [0.15, 0.2) is 0 Å². The van der Waals surface area contributed by atoms with Gasteiger partial charge in [0.25, 0.3) is 10.0 Å². The molecule has 1 aliphatic heterocycles. The van der Waals surface area contributed by atoms with Crippen LogP contribution in [0.1, 0.15) is 38.0 Å². The largest absolute Gasteiger partial charge is 0.356 e. The van der Waals surface area contributed by atoms with E-state index in [2.05, 4.69) is 5.32 Å². The second-order valence-electron chi connectivity index (χ2n) is 6.57. The first-order valence-electron chi connectivity index (χ1n) is 8.42. The minimum atomic E-state index is -3.45. The number of nitrogens with two attached hydrogens (primary N) is 1. The van der Waals surface area contributed by atoms with E-state index in [1.165, 1.54) is 15.6 Å². The van der Waals surface area contributed by atoms with E-state index in [1.54, 1.807) is 6.07 Å². The first kappa shape index (κ1) is 22.4. The number of carbonyl (C=O) groups excluding carboxylic acids is 1. The van der Waals surface area contributed by atoms with Crippen LogP contribution >= 0.6 is 23.7 Å². The molecule has 1 aliphatic rings. The lowest BCUT2D eigenvalue weighted by molar-refractivity contribution is -0.121.